The van der Waals surface area contributed by atoms with Crippen molar-refractivity contribution in [1.82, 2.24) is 5.43 Å². The van der Waals surface area contributed by atoms with Gasteiger partial charge < -0.3 is 4.74 Å². The van der Waals surface area contributed by atoms with Crippen LogP contribution in [-0.4, -0.2) is 18.1 Å². The summed E-state index contributed by atoms with van der Waals surface area (Å²) in [6.45, 7) is 6.37. The highest BCUT2D eigenvalue weighted by Crippen LogP contribution is 2.22. The summed E-state index contributed by atoms with van der Waals surface area (Å²) in [6.07, 6.45) is 1.53. The Morgan fingerprint density at radius 3 is 2.28 bits per heavy atom. The standard InChI is InChI=1S/C23H22N2O3S/c1-23(2,3)18-10-8-17(9-11-18)22(27)28-19-12-6-16(7-13-19)15-24-25-21(26)20-5-4-14-29-20/h4-15H,1-3H3,(H,25,26)/b24-15+. The molecule has 2 aromatic carbocycles. The number of esters is 1. The molecule has 3 rings (SSSR count). The second-order valence-electron chi connectivity index (χ2n) is 7.46. The number of nitrogens with one attached hydrogen (secondary N) is 1. The molecular formula is C23H22N2O3S. The maximum Gasteiger partial charge on any atom is 0.343 e. The smallest absolute Gasteiger partial charge is 0.343 e. The van der Waals surface area contributed by atoms with E-state index in [4.69, 9.17) is 4.74 Å². The van der Waals surface area contributed by atoms with Crippen molar-refractivity contribution >= 4 is 29.4 Å². The Hall–Kier alpha value is -3.25. The van der Waals surface area contributed by atoms with Crippen molar-refractivity contribution in [2.24, 2.45) is 5.10 Å². The molecule has 1 aromatic heterocycles. The number of amides is 1. The number of hydrogen-bond donors (Lipinski definition) is 1. The molecule has 0 unspecified atom stereocenters. The fourth-order valence-electron chi connectivity index (χ4n) is 2.52. The van der Waals surface area contributed by atoms with Crippen molar-refractivity contribution in [2.45, 2.75) is 26.2 Å². The number of thiophene rings is 1. The summed E-state index contributed by atoms with van der Waals surface area (Å²) in [7, 11) is 0. The van der Waals surface area contributed by atoms with Gasteiger partial charge in [-0.3, -0.25) is 4.79 Å². The van der Waals surface area contributed by atoms with E-state index in [2.05, 4.69) is 31.3 Å². The molecule has 0 bridgehead atoms. The topological polar surface area (TPSA) is 67.8 Å². The monoisotopic (exact) mass is 406 g/mol. The number of carbonyl (C=O) groups is 2. The van der Waals surface area contributed by atoms with E-state index in [-0.39, 0.29) is 11.3 Å². The first-order valence-electron chi connectivity index (χ1n) is 9.12. The van der Waals surface area contributed by atoms with E-state index in [0.717, 1.165) is 11.1 Å². The maximum atomic E-state index is 12.3. The van der Waals surface area contributed by atoms with Crippen molar-refractivity contribution in [3.63, 3.8) is 0 Å². The van der Waals surface area contributed by atoms with Gasteiger partial charge in [0.15, 0.2) is 0 Å². The average Bonchev–Trinajstić information content (AvgIpc) is 3.24. The molecule has 0 radical (unpaired) electrons. The SMILES string of the molecule is CC(C)(C)c1ccc(C(=O)Oc2ccc(/C=N/NC(=O)c3cccs3)cc2)cc1. The second-order valence-corrected chi connectivity index (χ2v) is 8.41. The lowest BCUT2D eigenvalue weighted by Gasteiger charge is -2.18. The van der Waals surface area contributed by atoms with Crippen LogP contribution in [0.5, 0.6) is 5.75 Å². The molecule has 0 saturated heterocycles. The summed E-state index contributed by atoms with van der Waals surface area (Å²) in [6, 6.07) is 17.9. The zero-order valence-corrected chi connectivity index (χ0v) is 17.3. The van der Waals surface area contributed by atoms with Crippen LogP contribution in [-0.2, 0) is 5.41 Å². The molecule has 1 amide bonds. The van der Waals surface area contributed by atoms with Gasteiger partial charge in [0.2, 0.25) is 0 Å². The van der Waals surface area contributed by atoms with Gasteiger partial charge in [-0.15, -0.1) is 11.3 Å². The third-order valence-electron chi connectivity index (χ3n) is 4.20. The minimum absolute atomic E-state index is 0.0308. The zero-order chi connectivity index (χ0) is 20.9. The molecule has 0 aliphatic heterocycles. The Labute approximate surface area is 174 Å². The molecule has 6 heteroatoms. The average molecular weight is 407 g/mol. The Balaban J connectivity index is 1.56. The zero-order valence-electron chi connectivity index (χ0n) is 16.5. The van der Waals surface area contributed by atoms with Crippen molar-refractivity contribution in [1.29, 1.82) is 0 Å². The predicted molar refractivity (Wildman–Crippen MR) is 116 cm³/mol. The normalized spacial score (nSPS) is 11.4. The molecule has 0 aliphatic rings. The van der Waals surface area contributed by atoms with Gasteiger partial charge in [-0.1, -0.05) is 39.0 Å². The van der Waals surface area contributed by atoms with Gasteiger partial charge in [0.25, 0.3) is 5.91 Å². The lowest BCUT2D eigenvalue weighted by molar-refractivity contribution is 0.0734. The lowest BCUT2D eigenvalue weighted by atomic mass is 9.87. The van der Waals surface area contributed by atoms with Crippen LogP contribution < -0.4 is 10.2 Å². The van der Waals surface area contributed by atoms with Crippen LogP contribution in [0.3, 0.4) is 0 Å². The van der Waals surface area contributed by atoms with Crippen LogP contribution in [0.4, 0.5) is 0 Å². The summed E-state index contributed by atoms with van der Waals surface area (Å²) < 4.78 is 5.42. The van der Waals surface area contributed by atoms with Crippen LogP contribution >= 0.6 is 11.3 Å². The minimum atomic E-state index is -0.407. The first-order valence-corrected chi connectivity index (χ1v) is 10.0. The molecule has 1 N–H and O–H groups in total. The Kier molecular flexibility index (Phi) is 6.24. The summed E-state index contributed by atoms with van der Waals surface area (Å²) in [5.41, 5.74) is 4.93. The lowest BCUT2D eigenvalue weighted by Crippen LogP contribution is -2.16. The van der Waals surface area contributed by atoms with Gasteiger partial charge in [0.05, 0.1) is 16.7 Å². The summed E-state index contributed by atoms with van der Waals surface area (Å²) >= 11 is 1.35. The van der Waals surface area contributed by atoms with Crippen molar-refractivity contribution in [3.8, 4) is 5.75 Å². The number of hydrazone groups is 1. The van der Waals surface area contributed by atoms with Gasteiger partial charge in [-0.2, -0.15) is 5.10 Å². The number of benzene rings is 2. The number of ether oxygens (including phenoxy) is 1. The third-order valence-corrected chi connectivity index (χ3v) is 5.07. The van der Waals surface area contributed by atoms with E-state index in [9.17, 15) is 9.59 Å². The second kappa shape index (κ2) is 8.84. The molecule has 148 valence electrons. The number of nitrogens with zero attached hydrogens (tertiary/aromatic N) is 1. The molecule has 0 aliphatic carbocycles. The van der Waals surface area contributed by atoms with E-state index < -0.39 is 5.97 Å². The fraction of sp³-hybridized carbons (Fsp3) is 0.174. The molecule has 3 aromatic rings. The number of hydrogen-bond acceptors (Lipinski definition) is 5. The van der Waals surface area contributed by atoms with Crippen molar-refractivity contribution in [2.75, 3.05) is 0 Å². The number of carbonyl (C=O) groups excluding carboxylic acids is 2. The molecule has 5 nitrogen and oxygen atoms in total. The summed E-state index contributed by atoms with van der Waals surface area (Å²) in [5.74, 6) is -0.218. The largest absolute Gasteiger partial charge is 0.423 e. The van der Waals surface area contributed by atoms with Gasteiger partial charge >= 0.3 is 5.97 Å². The highest BCUT2D eigenvalue weighted by atomic mass is 32.1. The van der Waals surface area contributed by atoms with Crippen LogP contribution in [0, 0.1) is 0 Å². The van der Waals surface area contributed by atoms with E-state index in [1.807, 2.05) is 23.6 Å². The predicted octanol–water partition coefficient (Wildman–Crippen LogP) is 5.03. The van der Waals surface area contributed by atoms with Crippen LogP contribution in [0.25, 0.3) is 0 Å². The Morgan fingerprint density at radius 1 is 1.00 bits per heavy atom. The highest BCUT2D eigenvalue weighted by Gasteiger charge is 2.15. The van der Waals surface area contributed by atoms with Crippen molar-refractivity contribution in [3.05, 3.63) is 87.6 Å². The van der Waals surface area contributed by atoms with Gasteiger partial charge in [-0.25, -0.2) is 10.2 Å². The molecule has 0 fully saturated rings. The maximum absolute atomic E-state index is 12.3. The molecular weight excluding hydrogens is 384 g/mol. The van der Waals surface area contributed by atoms with Gasteiger partial charge in [0.1, 0.15) is 5.75 Å². The molecule has 0 atom stereocenters. The molecule has 29 heavy (non-hydrogen) atoms. The van der Waals surface area contributed by atoms with E-state index in [1.54, 1.807) is 42.5 Å². The van der Waals surface area contributed by atoms with Gasteiger partial charge in [0, 0.05) is 0 Å². The number of rotatable bonds is 5. The van der Waals surface area contributed by atoms with E-state index in [1.165, 1.54) is 17.6 Å². The van der Waals surface area contributed by atoms with Crippen LogP contribution in [0.15, 0.2) is 71.1 Å². The van der Waals surface area contributed by atoms with Crippen LogP contribution in [0.1, 0.15) is 51.9 Å². The van der Waals surface area contributed by atoms with E-state index in [0.29, 0.717) is 16.2 Å². The third kappa shape index (κ3) is 5.62. The molecule has 0 spiro atoms. The van der Waals surface area contributed by atoms with Crippen LogP contribution in [0.2, 0.25) is 0 Å². The highest BCUT2D eigenvalue weighted by molar-refractivity contribution is 7.12. The van der Waals surface area contributed by atoms with E-state index >= 15 is 0 Å². The Morgan fingerprint density at radius 2 is 1.69 bits per heavy atom. The molecule has 0 saturated carbocycles. The summed E-state index contributed by atoms with van der Waals surface area (Å²) in [4.78, 5) is 24.7. The quantitative estimate of drug-likeness (QED) is 0.280. The first kappa shape index (κ1) is 20.5. The Bertz CT molecular complexity index is 1000. The first-order chi connectivity index (χ1) is 13.8. The fourth-order valence-corrected chi connectivity index (χ4v) is 3.14. The van der Waals surface area contributed by atoms with Gasteiger partial charge in [-0.05, 0) is 64.4 Å². The summed E-state index contributed by atoms with van der Waals surface area (Å²) in [5, 5.41) is 5.77. The minimum Gasteiger partial charge on any atom is -0.423 e. The van der Waals surface area contributed by atoms with Crippen molar-refractivity contribution < 1.29 is 14.3 Å². The molecule has 1 heterocycles.